The summed E-state index contributed by atoms with van der Waals surface area (Å²) in [6, 6.07) is 0. The van der Waals surface area contributed by atoms with Crippen LogP contribution in [-0.2, 0) is 17.8 Å². The van der Waals surface area contributed by atoms with Gasteiger partial charge in [-0.15, -0.1) is 10.2 Å². The molecule has 0 aliphatic heterocycles. The van der Waals surface area contributed by atoms with Crippen molar-refractivity contribution in [3.63, 3.8) is 0 Å². The first-order valence-electron chi connectivity index (χ1n) is 4.94. The summed E-state index contributed by atoms with van der Waals surface area (Å²) < 4.78 is 6.77. The quantitative estimate of drug-likeness (QED) is 0.806. The summed E-state index contributed by atoms with van der Waals surface area (Å²) in [5.74, 6) is 0.721. The lowest BCUT2D eigenvalue weighted by Crippen LogP contribution is -2.27. The number of hydrogen-bond donors (Lipinski definition) is 1. The summed E-state index contributed by atoms with van der Waals surface area (Å²) in [4.78, 5) is 11.2. The Morgan fingerprint density at radius 2 is 2.40 bits per heavy atom. The molecule has 1 rings (SSSR count). The maximum Gasteiger partial charge on any atom is 0.407 e. The standard InChI is InChI=1S/C9H16N4O2/c1-4-13-6-11-12-8(13)5-10-9(14)15-7(2)3/h6-7H,4-5H2,1-3H3,(H,10,14). The third-order valence-electron chi connectivity index (χ3n) is 1.77. The number of alkyl carbamates (subject to hydrolysis) is 1. The van der Waals surface area contributed by atoms with Gasteiger partial charge in [-0.3, -0.25) is 0 Å². The fourth-order valence-electron chi connectivity index (χ4n) is 1.09. The normalized spacial score (nSPS) is 10.4. The summed E-state index contributed by atoms with van der Waals surface area (Å²) in [5.41, 5.74) is 0. The topological polar surface area (TPSA) is 69.0 Å². The first-order valence-corrected chi connectivity index (χ1v) is 4.94. The highest BCUT2D eigenvalue weighted by atomic mass is 16.6. The summed E-state index contributed by atoms with van der Waals surface area (Å²) in [7, 11) is 0. The molecule has 0 saturated carbocycles. The number of aryl methyl sites for hydroxylation is 1. The van der Waals surface area contributed by atoms with E-state index in [1.807, 2.05) is 11.5 Å². The van der Waals surface area contributed by atoms with Crippen molar-refractivity contribution >= 4 is 6.09 Å². The van der Waals surface area contributed by atoms with E-state index in [-0.39, 0.29) is 6.10 Å². The van der Waals surface area contributed by atoms with Crippen molar-refractivity contribution in [2.45, 2.75) is 40.0 Å². The molecule has 0 unspecified atom stereocenters. The Labute approximate surface area is 88.6 Å². The summed E-state index contributed by atoms with van der Waals surface area (Å²) in [6.07, 6.45) is 1.08. The monoisotopic (exact) mass is 212 g/mol. The van der Waals surface area contributed by atoms with Crippen molar-refractivity contribution in [2.75, 3.05) is 0 Å². The molecular formula is C9H16N4O2. The van der Waals surface area contributed by atoms with Crippen LogP contribution in [0, 0.1) is 0 Å². The molecule has 1 aromatic heterocycles. The van der Waals surface area contributed by atoms with E-state index in [4.69, 9.17) is 4.74 Å². The summed E-state index contributed by atoms with van der Waals surface area (Å²) in [6.45, 7) is 6.70. The number of ether oxygens (including phenoxy) is 1. The Morgan fingerprint density at radius 3 is 3.00 bits per heavy atom. The van der Waals surface area contributed by atoms with Crippen LogP contribution in [0.3, 0.4) is 0 Å². The van der Waals surface area contributed by atoms with Crippen LogP contribution < -0.4 is 5.32 Å². The molecule has 1 N–H and O–H groups in total. The van der Waals surface area contributed by atoms with Crippen molar-refractivity contribution in [3.05, 3.63) is 12.2 Å². The molecule has 0 radical (unpaired) electrons. The molecule has 1 amide bonds. The van der Waals surface area contributed by atoms with Crippen LogP contribution in [0.2, 0.25) is 0 Å². The van der Waals surface area contributed by atoms with Crippen LogP contribution in [0.25, 0.3) is 0 Å². The molecule has 15 heavy (non-hydrogen) atoms. The fraction of sp³-hybridized carbons (Fsp3) is 0.667. The van der Waals surface area contributed by atoms with Crippen molar-refractivity contribution in [2.24, 2.45) is 0 Å². The lowest BCUT2D eigenvalue weighted by atomic mass is 10.5. The number of amides is 1. The van der Waals surface area contributed by atoms with Gasteiger partial charge in [-0.2, -0.15) is 0 Å². The van der Waals surface area contributed by atoms with Crippen LogP contribution in [0.15, 0.2) is 6.33 Å². The van der Waals surface area contributed by atoms with Gasteiger partial charge in [0.1, 0.15) is 6.33 Å². The Morgan fingerprint density at radius 1 is 1.67 bits per heavy atom. The number of aromatic nitrogens is 3. The summed E-state index contributed by atoms with van der Waals surface area (Å²) in [5, 5.41) is 10.2. The van der Waals surface area contributed by atoms with E-state index < -0.39 is 6.09 Å². The number of hydrogen-bond acceptors (Lipinski definition) is 4. The molecular weight excluding hydrogens is 196 g/mol. The first-order chi connectivity index (χ1) is 7.13. The van der Waals surface area contributed by atoms with Gasteiger partial charge in [0.2, 0.25) is 0 Å². The molecule has 0 aliphatic carbocycles. The highest BCUT2D eigenvalue weighted by molar-refractivity contribution is 5.67. The summed E-state index contributed by atoms with van der Waals surface area (Å²) >= 11 is 0. The molecule has 1 aromatic rings. The van der Waals surface area contributed by atoms with E-state index in [0.717, 1.165) is 12.4 Å². The largest absolute Gasteiger partial charge is 0.447 e. The highest BCUT2D eigenvalue weighted by Gasteiger charge is 2.07. The Kier molecular flexibility index (Phi) is 4.08. The molecule has 0 aliphatic rings. The number of nitrogens with one attached hydrogen (secondary N) is 1. The number of carbonyl (C=O) groups excluding carboxylic acids is 1. The van der Waals surface area contributed by atoms with Gasteiger partial charge in [0.05, 0.1) is 12.6 Å². The van der Waals surface area contributed by atoms with Crippen molar-refractivity contribution in [1.29, 1.82) is 0 Å². The number of rotatable bonds is 4. The van der Waals surface area contributed by atoms with Gasteiger partial charge >= 0.3 is 6.09 Å². The Hall–Kier alpha value is -1.59. The van der Waals surface area contributed by atoms with E-state index in [1.165, 1.54) is 0 Å². The van der Waals surface area contributed by atoms with E-state index in [0.29, 0.717) is 6.54 Å². The van der Waals surface area contributed by atoms with Crippen molar-refractivity contribution in [1.82, 2.24) is 20.1 Å². The molecule has 0 atom stereocenters. The number of carbonyl (C=O) groups is 1. The van der Waals surface area contributed by atoms with Crippen LogP contribution in [-0.4, -0.2) is 27.0 Å². The van der Waals surface area contributed by atoms with Gasteiger partial charge in [0.15, 0.2) is 5.82 Å². The van der Waals surface area contributed by atoms with Crippen LogP contribution in [0.4, 0.5) is 4.79 Å². The Balaban J connectivity index is 2.40. The van der Waals surface area contributed by atoms with Gasteiger partial charge < -0.3 is 14.6 Å². The first kappa shape index (κ1) is 11.5. The van der Waals surface area contributed by atoms with Gasteiger partial charge in [-0.25, -0.2) is 4.79 Å². The number of nitrogens with zero attached hydrogens (tertiary/aromatic N) is 3. The van der Waals surface area contributed by atoms with E-state index in [1.54, 1.807) is 20.2 Å². The zero-order chi connectivity index (χ0) is 11.3. The highest BCUT2D eigenvalue weighted by Crippen LogP contribution is 1.95. The van der Waals surface area contributed by atoms with E-state index in [2.05, 4.69) is 15.5 Å². The van der Waals surface area contributed by atoms with Gasteiger partial charge in [-0.05, 0) is 20.8 Å². The van der Waals surface area contributed by atoms with Crippen LogP contribution in [0.1, 0.15) is 26.6 Å². The second-order valence-electron chi connectivity index (χ2n) is 3.34. The zero-order valence-corrected chi connectivity index (χ0v) is 9.23. The van der Waals surface area contributed by atoms with Gasteiger partial charge in [0.25, 0.3) is 0 Å². The third kappa shape index (κ3) is 3.57. The average molecular weight is 212 g/mol. The molecule has 1 heterocycles. The zero-order valence-electron chi connectivity index (χ0n) is 9.23. The van der Waals surface area contributed by atoms with Gasteiger partial charge in [-0.1, -0.05) is 0 Å². The molecule has 0 fully saturated rings. The van der Waals surface area contributed by atoms with Gasteiger partial charge in [0, 0.05) is 6.54 Å². The lowest BCUT2D eigenvalue weighted by molar-refractivity contribution is 0.115. The molecule has 0 bridgehead atoms. The molecule has 0 spiro atoms. The maximum atomic E-state index is 11.2. The van der Waals surface area contributed by atoms with Crippen molar-refractivity contribution in [3.8, 4) is 0 Å². The molecule has 84 valence electrons. The predicted octanol–water partition coefficient (Wildman–Crippen LogP) is 0.933. The minimum Gasteiger partial charge on any atom is -0.447 e. The minimum absolute atomic E-state index is 0.117. The minimum atomic E-state index is -0.435. The third-order valence-corrected chi connectivity index (χ3v) is 1.77. The Bertz CT molecular complexity index is 322. The smallest absolute Gasteiger partial charge is 0.407 e. The lowest BCUT2D eigenvalue weighted by Gasteiger charge is -2.09. The predicted molar refractivity (Wildman–Crippen MR) is 54.2 cm³/mol. The maximum absolute atomic E-state index is 11.2. The van der Waals surface area contributed by atoms with Crippen LogP contribution in [0.5, 0.6) is 0 Å². The molecule has 0 aromatic carbocycles. The molecule has 6 nitrogen and oxygen atoms in total. The van der Waals surface area contributed by atoms with Crippen LogP contribution >= 0.6 is 0 Å². The van der Waals surface area contributed by atoms with E-state index >= 15 is 0 Å². The average Bonchev–Trinajstić information content (AvgIpc) is 2.60. The SMILES string of the molecule is CCn1cnnc1CNC(=O)OC(C)C. The second kappa shape index (κ2) is 5.33. The molecule has 0 saturated heterocycles. The second-order valence-corrected chi connectivity index (χ2v) is 3.34. The fourth-order valence-corrected chi connectivity index (χ4v) is 1.09. The van der Waals surface area contributed by atoms with Crippen molar-refractivity contribution < 1.29 is 9.53 Å². The van der Waals surface area contributed by atoms with E-state index in [9.17, 15) is 4.79 Å². The molecule has 6 heteroatoms.